The van der Waals surface area contributed by atoms with E-state index in [2.05, 4.69) is 5.32 Å². The van der Waals surface area contributed by atoms with Gasteiger partial charge < -0.3 is 9.88 Å². The van der Waals surface area contributed by atoms with Gasteiger partial charge in [-0.2, -0.15) is 0 Å². The molecule has 0 radical (unpaired) electrons. The number of amides is 1. The van der Waals surface area contributed by atoms with E-state index in [1.165, 1.54) is 10.5 Å². The maximum Gasteiger partial charge on any atom is 0.267 e. The average molecular weight is 470 g/mol. The van der Waals surface area contributed by atoms with Crippen molar-refractivity contribution in [3.05, 3.63) is 110 Å². The van der Waals surface area contributed by atoms with Crippen LogP contribution in [0.4, 0.5) is 0 Å². The van der Waals surface area contributed by atoms with Crippen molar-refractivity contribution in [2.45, 2.75) is 26.4 Å². The third kappa shape index (κ3) is 4.04. The zero-order valence-corrected chi connectivity index (χ0v) is 19.4. The van der Waals surface area contributed by atoms with Crippen LogP contribution in [0, 0.1) is 12.3 Å². The van der Waals surface area contributed by atoms with Crippen LogP contribution in [0.1, 0.15) is 26.4 Å². The molecule has 170 valence electrons. The number of carbonyl (C=O) groups is 1. The minimum absolute atomic E-state index is 0.0412. The van der Waals surface area contributed by atoms with Gasteiger partial charge in [-0.25, -0.2) is 4.98 Å². The highest BCUT2D eigenvalue weighted by atomic mass is 32.1. The number of nitrogens with zero attached hydrogens (tertiary/aromatic N) is 3. The first kappa shape index (κ1) is 21.8. The summed E-state index contributed by atoms with van der Waals surface area (Å²) in [7, 11) is 0. The van der Waals surface area contributed by atoms with Crippen molar-refractivity contribution >= 4 is 33.9 Å². The lowest BCUT2D eigenvalue weighted by Gasteiger charge is -2.15. The highest BCUT2D eigenvalue weighted by Crippen LogP contribution is 2.15. The van der Waals surface area contributed by atoms with E-state index in [4.69, 9.17) is 10.4 Å². The summed E-state index contributed by atoms with van der Waals surface area (Å²) in [6, 6.07) is 18.8. The molecule has 0 atom stereocenters. The Labute approximate surface area is 199 Å². The van der Waals surface area contributed by atoms with E-state index in [1.807, 2.05) is 60.8 Å². The Morgan fingerprint density at radius 2 is 1.91 bits per heavy atom. The van der Waals surface area contributed by atoms with Crippen LogP contribution < -0.4 is 16.4 Å². The summed E-state index contributed by atoms with van der Waals surface area (Å²) in [5, 5.41) is 14.1. The number of aryl methyl sites for hydroxylation is 3. The van der Waals surface area contributed by atoms with Crippen LogP contribution in [0.15, 0.2) is 77.0 Å². The number of fused-ring (bicyclic) bond motifs is 2. The number of hydrogen-bond acceptors (Lipinski definition) is 5. The molecule has 4 aromatic heterocycles. The maximum atomic E-state index is 13.4. The Morgan fingerprint density at radius 3 is 2.68 bits per heavy atom. The van der Waals surface area contributed by atoms with Gasteiger partial charge in [0.05, 0.1) is 10.9 Å². The molecule has 0 bridgehead atoms. The maximum absolute atomic E-state index is 13.4. The van der Waals surface area contributed by atoms with Gasteiger partial charge in [-0.3, -0.25) is 19.4 Å². The number of aromatic nitrogens is 3. The van der Waals surface area contributed by atoms with Crippen molar-refractivity contribution in [3.8, 4) is 0 Å². The van der Waals surface area contributed by atoms with E-state index >= 15 is 0 Å². The summed E-state index contributed by atoms with van der Waals surface area (Å²) < 4.78 is 3.18. The lowest BCUT2D eigenvalue weighted by molar-refractivity contribution is 0.0948. The Balaban J connectivity index is 1.65. The molecule has 0 fully saturated rings. The van der Waals surface area contributed by atoms with E-state index in [0.717, 1.165) is 16.0 Å². The summed E-state index contributed by atoms with van der Waals surface area (Å²) >= 11 is 1.64. The van der Waals surface area contributed by atoms with Crippen molar-refractivity contribution in [1.29, 1.82) is 5.41 Å². The van der Waals surface area contributed by atoms with Crippen molar-refractivity contribution in [1.82, 2.24) is 19.3 Å². The molecule has 0 unspecified atom stereocenters. The fourth-order valence-electron chi connectivity index (χ4n) is 4.04. The van der Waals surface area contributed by atoms with Gasteiger partial charge >= 0.3 is 0 Å². The molecule has 1 aromatic carbocycles. The van der Waals surface area contributed by atoms with E-state index in [-0.39, 0.29) is 16.6 Å². The number of rotatable bonds is 6. The summed E-state index contributed by atoms with van der Waals surface area (Å²) in [6.45, 7) is 2.67. The molecule has 0 saturated heterocycles. The van der Waals surface area contributed by atoms with Gasteiger partial charge in [0.1, 0.15) is 16.8 Å². The molecule has 7 nitrogen and oxygen atoms in total. The minimum atomic E-state index is -0.394. The Hall–Kier alpha value is -4.04. The molecule has 5 rings (SSSR count). The molecule has 0 spiro atoms. The Kier molecular flexibility index (Phi) is 5.81. The van der Waals surface area contributed by atoms with Gasteiger partial charge in [-0.1, -0.05) is 42.5 Å². The summed E-state index contributed by atoms with van der Waals surface area (Å²) in [6.07, 6.45) is 2.35. The molecule has 0 aliphatic rings. The van der Waals surface area contributed by atoms with Crippen LogP contribution in [0.2, 0.25) is 0 Å². The molecule has 2 N–H and O–H groups in total. The second-order valence-electron chi connectivity index (χ2n) is 8.09. The van der Waals surface area contributed by atoms with Gasteiger partial charge in [-0.15, -0.1) is 11.3 Å². The van der Waals surface area contributed by atoms with Crippen LogP contribution in [0.25, 0.3) is 16.7 Å². The lowest BCUT2D eigenvalue weighted by atomic mass is 10.1. The third-order valence-electron chi connectivity index (χ3n) is 5.84. The fourth-order valence-corrected chi connectivity index (χ4v) is 4.74. The second kappa shape index (κ2) is 9.07. The lowest BCUT2D eigenvalue weighted by Crippen LogP contribution is -2.35. The first-order chi connectivity index (χ1) is 16.5. The molecule has 4 heterocycles. The average Bonchev–Trinajstić information content (AvgIpc) is 3.37. The molecule has 5 aromatic rings. The van der Waals surface area contributed by atoms with E-state index in [9.17, 15) is 9.59 Å². The highest BCUT2D eigenvalue weighted by Gasteiger charge is 2.18. The first-order valence-corrected chi connectivity index (χ1v) is 11.9. The largest absolute Gasteiger partial charge is 0.348 e. The standard InChI is InChI=1S/C26H23N5O2S/c1-17-7-5-12-31-23(17)29-24-21(26(31)33)15-20(25(32)28-16-18-8-3-2-4-9-18)22(27)30(24)13-11-19-10-6-14-34-19/h2-10,12,14-15,27H,11,13,16H2,1H3,(H,28,32). The predicted octanol–water partition coefficient (Wildman–Crippen LogP) is 3.67. The molecule has 8 heteroatoms. The third-order valence-corrected chi connectivity index (χ3v) is 6.77. The van der Waals surface area contributed by atoms with Crippen molar-refractivity contribution in [3.63, 3.8) is 0 Å². The summed E-state index contributed by atoms with van der Waals surface area (Å²) in [4.78, 5) is 32.5. The van der Waals surface area contributed by atoms with Crippen LogP contribution in [-0.4, -0.2) is 19.9 Å². The smallest absolute Gasteiger partial charge is 0.267 e. The van der Waals surface area contributed by atoms with Gasteiger partial charge in [0.25, 0.3) is 11.5 Å². The number of thiophene rings is 1. The Bertz CT molecular complexity index is 1620. The van der Waals surface area contributed by atoms with Crippen LogP contribution >= 0.6 is 11.3 Å². The molecule has 34 heavy (non-hydrogen) atoms. The molecular formula is C26H23N5O2S. The number of hydrogen-bond donors (Lipinski definition) is 2. The minimum Gasteiger partial charge on any atom is -0.348 e. The quantitative estimate of drug-likeness (QED) is 0.372. The topological polar surface area (TPSA) is 92.3 Å². The zero-order valence-electron chi connectivity index (χ0n) is 18.6. The Morgan fingerprint density at radius 1 is 1.09 bits per heavy atom. The number of nitrogens with one attached hydrogen (secondary N) is 2. The van der Waals surface area contributed by atoms with Crippen LogP contribution in [0.3, 0.4) is 0 Å². The van der Waals surface area contributed by atoms with Gasteiger partial charge in [0.2, 0.25) is 0 Å². The van der Waals surface area contributed by atoms with Crippen LogP contribution in [0.5, 0.6) is 0 Å². The van der Waals surface area contributed by atoms with E-state index in [0.29, 0.717) is 36.2 Å². The second-order valence-corrected chi connectivity index (χ2v) is 9.13. The van der Waals surface area contributed by atoms with Crippen LogP contribution in [-0.2, 0) is 19.5 Å². The van der Waals surface area contributed by atoms with E-state index in [1.54, 1.807) is 28.2 Å². The van der Waals surface area contributed by atoms with Crippen molar-refractivity contribution < 1.29 is 4.79 Å². The molecular weight excluding hydrogens is 446 g/mol. The van der Waals surface area contributed by atoms with E-state index < -0.39 is 5.91 Å². The van der Waals surface area contributed by atoms with Gasteiger partial charge in [-0.05, 0) is 48.1 Å². The number of pyridine rings is 2. The SMILES string of the molecule is Cc1cccn2c(=O)c3cc(C(=O)NCc4ccccc4)c(=N)n(CCc4cccs4)c3nc12. The molecule has 0 aliphatic heterocycles. The molecule has 1 amide bonds. The highest BCUT2D eigenvalue weighted by molar-refractivity contribution is 7.09. The number of carbonyl (C=O) groups excluding carboxylic acids is 1. The first-order valence-electron chi connectivity index (χ1n) is 11.0. The predicted molar refractivity (Wildman–Crippen MR) is 133 cm³/mol. The monoisotopic (exact) mass is 469 g/mol. The molecule has 0 aliphatic carbocycles. The number of benzene rings is 1. The van der Waals surface area contributed by atoms with Crippen molar-refractivity contribution in [2.75, 3.05) is 0 Å². The van der Waals surface area contributed by atoms with Gasteiger partial charge in [0, 0.05) is 24.2 Å². The summed E-state index contributed by atoms with van der Waals surface area (Å²) in [5.41, 5.74) is 2.72. The van der Waals surface area contributed by atoms with Gasteiger partial charge in [0.15, 0.2) is 0 Å². The normalized spacial score (nSPS) is 11.2. The summed E-state index contributed by atoms with van der Waals surface area (Å²) in [5.74, 6) is -0.394. The molecule has 0 saturated carbocycles. The fraction of sp³-hybridized carbons (Fsp3) is 0.154. The van der Waals surface area contributed by atoms with Crippen molar-refractivity contribution in [2.24, 2.45) is 0 Å². The zero-order chi connectivity index (χ0) is 23.7.